The second-order valence-corrected chi connectivity index (χ2v) is 9.95. The van der Waals surface area contributed by atoms with E-state index < -0.39 is 36.2 Å². The van der Waals surface area contributed by atoms with Gasteiger partial charge in [0.15, 0.2) is 6.61 Å². The Balaban J connectivity index is 1.44. The topological polar surface area (TPSA) is 111 Å². The van der Waals surface area contributed by atoms with Gasteiger partial charge in [0, 0.05) is 15.5 Å². The highest BCUT2D eigenvalue weighted by molar-refractivity contribution is 7.17. The van der Waals surface area contributed by atoms with Crippen LogP contribution >= 0.6 is 22.9 Å². The van der Waals surface area contributed by atoms with Gasteiger partial charge in [-0.2, -0.15) is 0 Å². The van der Waals surface area contributed by atoms with Crippen LogP contribution < -0.4 is 10.6 Å². The Morgan fingerprint density at radius 2 is 1.71 bits per heavy atom. The van der Waals surface area contributed by atoms with Crippen LogP contribution in [0.5, 0.6) is 0 Å². The second kappa shape index (κ2) is 12.2. The molecule has 38 heavy (non-hydrogen) atoms. The summed E-state index contributed by atoms with van der Waals surface area (Å²) in [5.41, 5.74) is 1.45. The van der Waals surface area contributed by atoms with Crippen LogP contribution in [0.3, 0.4) is 0 Å². The van der Waals surface area contributed by atoms with Crippen molar-refractivity contribution in [3.8, 4) is 0 Å². The lowest BCUT2D eigenvalue weighted by Crippen LogP contribution is -2.23. The van der Waals surface area contributed by atoms with Crippen LogP contribution in [0.4, 0.5) is 15.1 Å². The van der Waals surface area contributed by atoms with Crippen LogP contribution in [0.1, 0.15) is 61.3 Å². The highest BCUT2D eigenvalue weighted by Gasteiger charge is 2.27. The quantitative estimate of drug-likeness (QED) is 0.346. The number of aryl methyl sites for hydroxylation is 1. The summed E-state index contributed by atoms with van der Waals surface area (Å²) in [4.78, 5) is 51.7. The summed E-state index contributed by atoms with van der Waals surface area (Å²) in [5, 5.41) is 5.86. The summed E-state index contributed by atoms with van der Waals surface area (Å²) >= 11 is 7.37. The van der Waals surface area contributed by atoms with Gasteiger partial charge in [0.25, 0.3) is 11.8 Å². The number of anilines is 2. The molecule has 4 rings (SSSR count). The van der Waals surface area contributed by atoms with Gasteiger partial charge in [-0.25, -0.2) is 14.0 Å². The number of ether oxygens (including phenoxy) is 2. The van der Waals surface area contributed by atoms with E-state index in [2.05, 4.69) is 10.6 Å². The molecular weight excluding hydrogens is 535 g/mol. The Morgan fingerprint density at radius 3 is 2.45 bits per heavy atom. The fourth-order valence-electron chi connectivity index (χ4n) is 4.04. The number of hydrogen-bond donors (Lipinski definition) is 2. The smallest absolute Gasteiger partial charge is 0.341 e. The third-order valence-electron chi connectivity index (χ3n) is 5.79. The molecule has 1 aliphatic rings. The lowest BCUT2D eigenvalue weighted by atomic mass is 9.95. The molecule has 0 spiro atoms. The molecule has 8 nitrogen and oxygen atoms in total. The van der Waals surface area contributed by atoms with E-state index in [4.69, 9.17) is 21.1 Å². The van der Waals surface area contributed by atoms with E-state index in [0.717, 1.165) is 48.3 Å². The van der Waals surface area contributed by atoms with Crippen LogP contribution in [-0.2, 0) is 27.1 Å². The van der Waals surface area contributed by atoms with Gasteiger partial charge >= 0.3 is 11.9 Å². The molecule has 0 unspecified atom stereocenters. The number of nitrogens with one attached hydrogen (secondary N) is 2. The number of fused-ring (bicyclic) bond motifs is 1. The standard InChI is InChI=1S/C27H24ClFN2O6S/c1-2-36-27(35)23-19-5-3-4-6-21(19)38-25(23)31-22(32)14-37-26(34)18-12-9-16(28)13-20(18)30-24(33)15-7-10-17(29)11-8-15/h7-13H,2-6,14H2,1H3,(H,30,33)(H,31,32). The van der Waals surface area contributed by atoms with Crippen molar-refractivity contribution in [2.45, 2.75) is 32.6 Å². The average molecular weight is 559 g/mol. The van der Waals surface area contributed by atoms with Crippen molar-refractivity contribution < 1.29 is 33.0 Å². The average Bonchev–Trinajstić information content (AvgIpc) is 3.25. The minimum Gasteiger partial charge on any atom is -0.462 e. The van der Waals surface area contributed by atoms with Crippen molar-refractivity contribution in [1.82, 2.24) is 0 Å². The van der Waals surface area contributed by atoms with E-state index in [-0.39, 0.29) is 28.4 Å². The molecule has 1 aromatic heterocycles. The highest BCUT2D eigenvalue weighted by atomic mass is 35.5. The molecule has 1 aliphatic carbocycles. The van der Waals surface area contributed by atoms with Gasteiger partial charge in [-0.1, -0.05) is 11.6 Å². The Kier molecular flexibility index (Phi) is 8.75. The zero-order valence-electron chi connectivity index (χ0n) is 20.4. The molecule has 2 N–H and O–H groups in total. The van der Waals surface area contributed by atoms with E-state index >= 15 is 0 Å². The third-order valence-corrected chi connectivity index (χ3v) is 7.24. The molecule has 198 valence electrons. The maximum atomic E-state index is 13.2. The van der Waals surface area contributed by atoms with E-state index in [1.807, 2.05) is 0 Å². The monoisotopic (exact) mass is 558 g/mol. The molecule has 0 aliphatic heterocycles. The largest absolute Gasteiger partial charge is 0.462 e. The zero-order valence-corrected chi connectivity index (χ0v) is 22.0. The minimum absolute atomic E-state index is 0.0311. The number of benzene rings is 2. The van der Waals surface area contributed by atoms with Gasteiger partial charge in [0.05, 0.1) is 23.4 Å². The lowest BCUT2D eigenvalue weighted by Gasteiger charge is -2.13. The van der Waals surface area contributed by atoms with E-state index in [1.165, 1.54) is 41.7 Å². The first kappa shape index (κ1) is 27.3. The van der Waals surface area contributed by atoms with Crippen LogP contribution in [0.2, 0.25) is 5.02 Å². The molecule has 0 radical (unpaired) electrons. The Hall–Kier alpha value is -3.76. The minimum atomic E-state index is -0.873. The Labute approximate surface area is 227 Å². The number of halogens is 2. The third kappa shape index (κ3) is 6.38. The van der Waals surface area contributed by atoms with Crippen molar-refractivity contribution in [2.24, 2.45) is 0 Å². The van der Waals surface area contributed by atoms with E-state index in [1.54, 1.807) is 6.92 Å². The van der Waals surface area contributed by atoms with Crippen LogP contribution in [0.25, 0.3) is 0 Å². The van der Waals surface area contributed by atoms with Gasteiger partial charge in [-0.05, 0) is 80.6 Å². The summed E-state index contributed by atoms with van der Waals surface area (Å²) < 4.78 is 23.6. The molecule has 0 atom stereocenters. The molecule has 2 amide bonds. The number of hydrogen-bond acceptors (Lipinski definition) is 7. The van der Waals surface area contributed by atoms with Gasteiger partial charge in [-0.15, -0.1) is 11.3 Å². The lowest BCUT2D eigenvalue weighted by molar-refractivity contribution is -0.119. The zero-order chi connectivity index (χ0) is 27.2. The SMILES string of the molecule is CCOC(=O)c1c(NC(=O)COC(=O)c2ccc(Cl)cc2NC(=O)c2ccc(F)cc2)sc2c1CCCC2. The molecule has 0 saturated carbocycles. The van der Waals surface area contributed by atoms with Crippen molar-refractivity contribution in [3.05, 3.63) is 80.4 Å². The molecule has 1 heterocycles. The first-order chi connectivity index (χ1) is 18.3. The summed E-state index contributed by atoms with van der Waals surface area (Å²) in [7, 11) is 0. The van der Waals surface area contributed by atoms with Gasteiger partial charge in [-0.3, -0.25) is 9.59 Å². The fraction of sp³-hybridized carbons (Fsp3) is 0.259. The van der Waals surface area contributed by atoms with E-state index in [0.29, 0.717) is 10.6 Å². The first-order valence-electron chi connectivity index (χ1n) is 11.9. The molecule has 0 bridgehead atoms. The first-order valence-corrected chi connectivity index (χ1v) is 13.1. The van der Waals surface area contributed by atoms with Crippen LogP contribution in [0, 0.1) is 5.82 Å². The number of carbonyl (C=O) groups excluding carboxylic acids is 4. The molecule has 3 aromatic rings. The number of carbonyl (C=O) groups is 4. The van der Waals surface area contributed by atoms with Gasteiger partial charge < -0.3 is 20.1 Å². The number of thiophene rings is 1. The number of amides is 2. The molecule has 2 aromatic carbocycles. The maximum absolute atomic E-state index is 13.2. The van der Waals surface area contributed by atoms with E-state index in [9.17, 15) is 23.6 Å². The summed E-state index contributed by atoms with van der Waals surface area (Å²) in [6.45, 7) is 1.29. The summed E-state index contributed by atoms with van der Waals surface area (Å²) in [6, 6.07) is 9.02. The molecule has 0 saturated heterocycles. The van der Waals surface area contributed by atoms with Gasteiger partial charge in [0.2, 0.25) is 0 Å². The Bertz CT molecular complexity index is 1390. The predicted molar refractivity (Wildman–Crippen MR) is 142 cm³/mol. The highest BCUT2D eigenvalue weighted by Crippen LogP contribution is 2.38. The number of rotatable bonds is 8. The summed E-state index contributed by atoms with van der Waals surface area (Å²) in [5.74, 6) is -3.09. The fourth-order valence-corrected chi connectivity index (χ4v) is 5.50. The van der Waals surface area contributed by atoms with Crippen LogP contribution in [0.15, 0.2) is 42.5 Å². The molecular formula is C27H24ClFN2O6S. The van der Waals surface area contributed by atoms with Crippen molar-refractivity contribution in [1.29, 1.82) is 0 Å². The molecule has 0 fully saturated rings. The second-order valence-electron chi connectivity index (χ2n) is 8.41. The summed E-state index contributed by atoms with van der Waals surface area (Å²) in [6.07, 6.45) is 3.50. The van der Waals surface area contributed by atoms with Crippen molar-refractivity contribution in [2.75, 3.05) is 23.8 Å². The normalized spacial score (nSPS) is 12.3. The van der Waals surface area contributed by atoms with Gasteiger partial charge in [0.1, 0.15) is 10.8 Å². The number of esters is 2. The Morgan fingerprint density at radius 1 is 0.974 bits per heavy atom. The van der Waals surface area contributed by atoms with Crippen LogP contribution in [-0.4, -0.2) is 37.0 Å². The predicted octanol–water partition coefficient (Wildman–Crippen LogP) is 5.64. The molecule has 11 heteroatoms. The maximum Gasteiger partial charge on any atom is 0.341 e. The van der Waals surface area contributed by atoms with Crippen molar-refractivity contribution >= 4 is 57.4 Å². The van der Waals surface area contributed by atoms with Crippen molar-refractivity contribution in [3.63, 3.8) is 0 Å².